The molecule has 0 fully saturated rings. The zero-order chi connectivity index (χ0) is 15.1. The zero-order valence-corrected chi connectivity index (χ0v) is 13.3. The second kappa shape index (κ2) is 5.45. The molecule has 0 radical (unpaired) electrons. The van der Waals surface area contributed by atoms with E-state index in [1.165, 1.54) is 9.90 Å². The van der Waals surface area contributed by atoms with Gasteiger partial charge in [0.1, 0.15) is 0 Å². The van der Waals surface area contributed by atoms with Gasteiger partial charge in [-0.25, -0.2) is 5.01 Å². The molecule has 0 N–H and O–H groups in total. The minimum Gasteiger partial charge on any atom is -0.273 e. The summed E-state index contributed by atoms with van der Waals surface area (Å²) in [4.78, 5) is 13.7. The maximum atomic E-state index is 12.4. The highest BCUT2D eigenvalue weighted by atomic mass is 35.5. The van der Waals surface area contributed by atoms with Crippen LogP contribution in [0.4, 0.5) is 5.69 Å². The fourth-order valence-electron chi connectivity index (χ4n) is 2.83. The first kappa shape index (κ1) is 13.9. The second-order valence-electron chi connectivity index (χ2n) is 5.38. The third-order valence-electron chi connectivity index (χ3n) is 3.93. The summed E-state index contributed by atoms with van der Waals surface area (Å²) in [5.74, 6) is 1.16. The normalized spacial score (nSPS) is 20.2. The minimum atomic E-state index is 0.0380. The molecular weight excluding hydrogens is 316 g/mol. The molecule has 5 heteroatoms. The average molecular weight is 329 g/mol. The van der Waals surface area contributed by atoms with Gasteiger partial charge in [0.05, 0.1) is 11.4 Å². The van der Waals surface area contributed by atoms with Gasteiger partial charge in [-0.2, -0.15) is 5.10 Å². The molecule has 4 rings (SSSR count). The number of fused-ring (bicyclic) bond motifs is 3. The Hall–Kier alpha value is -1.78. The van der Waals surface area contributed by atoms with Crippen molar-refractivity contribution in [3.63, 3.8) is 0 Å². The van der Waals surface area contributed by atoms with E-state index in [0.717, 1.165) is 22.7 Å². The molecule has 0 saturated carbocycles. The smallest absolute Gasteiger partial charge is 0.248 e. The van der Waals surface area contributed by atoms with Gasteiger partial charge in [-0.1, -0.05) is 29.8 Å². The molecule has 2 aliphatic rings. The summed E-state index contributed by atoms with van der Waals surface area (Å²) in [7, 11) is 0. The molecule has 2 heterocycles. The number of hydrazone groups is 1. The maximum Gasteiger partial charge on any atom is 0.248 e. The Kier molecular flexibility index (Phi) is 3.43. The predicted octanol–water partition coefficient (Wildman–Crippen LogP) is 4.20. The van der Waals surface area contributed by atoms with Crippen LogP contribution in [0.1, 0.15) is 12.0 Å². The van der Waals surface area contributed by atoms with Crippen LogP contribution in [0.25, 0.3) is 0 Å². The number of hydrogen-bond donors (Lipinski definition) is 0. The van der Waals surface area contributed by atoms with E-state index in [2.05, 4.69) is 17.2 Å². The summed E-state index contributed by atoms with van der Waals surface area (Å²) < 4.78 is 0. The van der Waals surface area contributed by atoms with Crippen molar-refractivity contribution in [2.75, 3.05) is 10.8 Å². The highest BCUT2D eigenvalue weighted by Gasteiger charge is 2.34. The molecule has 0 aliphatic carbocycles. The summed E-state index contributed by atoms with van der Waals surface area (Å²) in [5.41, 5.74) is 2.93. The van der Waals surface area contributed by atoms with E-state index in [-0.39, 0.29) is 11.8 Å². The van der Waals surface area contributed by atoms with Crippen molar-refractivity contribution in [2.24, 2.45) is 11.0 Å². The Morgan fingerprint density at radius 3 is 2.73 bits per heavy atom. The number of halogens is 1. The monoisotopic (exact) mass is 328 g/mol. The quantitative estimate of drug-likeness (QED) is 0.785. The van der Waals surface area contributed by atoms with E-state index in [1.54, 1.807) is 23.9 Å². The first-order chi connectivity index (χ1) is 10.7. The Labute approximate surface area is 138 Å². The Morgan fingerprint density at radius 2 is 1.91 bits per heavy atom. The van der Waals surface area contributed by atoms with Crippen LogP contribution in [0.15, 0.2) is 58.5 Å². The van der Waals surface area contributed by atoms with Crippen LogP contribution in [0, 0.1) is 5.92 Å². The fourth-order valence-corrected chi connectivity index (χ4v) is 4.11. The van der Waals surface area contributed by atoms with Crippen LogP contribution in [0.3, 0.4) is 0 Å². The van der Waals surface area contributed by atoms with Crippen molar-refractivity contribution >= 4 is 40.7 Å². The number of carbonyl (C=O) groups is 1. The standard InChI is InChI=1S/C17H13ClN2OS/c18-12-5-7-13(8-6-12)20-16(21)9-11-10-22-15-4-2-1-3-14(15)17(11)19-20/h1-8,11H,9-10H2. The van der Waals surface area contributed by atoms with Gasteiger partial charge in [-0.05, 0) is 30.3 Å². The molecule has 2 aromatic rings. The molecule has 0 bridgehead atoms. The fraction of sp³-hybridized carbons (Fsp3) is 0.176. The van der Waals surface area contributed by atoms with Crippen LogP contribution >= 0.6 is 23.4 Å². The van der Waals surface area contributed by atoms with Gasteiger partial charge in [0, 0.05) is 33.6 Å². The van der Waals surface area contributed by atoms with E-state index in [0.29, 0.717) is 11.4 Å². The van der Waals surface area contributed by atoms with Gasteiger partial charge < -0.3 is 0 Å². The topological polar surface area (TPSA) is 32.7 Å². The molecule has 0 aromatic heterocycles. The van der Waals surface area contributed by atoms with E-state index in [9.17, 15) is 4.79 Å². The van der Waals surface area contributed by atoms with Crippen molar-refractivity contribution in [3.8, 4) is 0 Å². The lowest BCUT2D eigenvalue weighted by Crippen LogP contribution is -2.39. The van der Waals surface area contributed by atoms with Gasteiger partial charge in [0.2, 0.25) is 5.91 Å². The van der Waals surface area contributed by atoms with Crippen molar-refractivity contribution < 1.29 is 4.79 Å². The highest BCUT2D eigenvalue weighted by Crippen LogP contribution is 2.37. The first-order valence-electron chi connectivity index (χ1n) is 7.11. The maximum absolute atomic E-state index is 12.4. The van der Waals surface area contributed by atoms with E-state index in [4.69, 9.17) is 11.6 Å². The molecule has 2 aliphatic heterocycles. The SMILES string of the molecule is O=C1CC2CSc3ccccc3C2=NN1c1ccc(Cl)cc1. The van der Waals surface area contributed by atoms with Crippen LogP contribution in [0.2, 0.25) is 5.02 Å². The third kappa shape index (κ3) is 2.32. The minimum absolute atomic E-state index is 0.0380. The molecule has 1 atom stereocenters. The van der Waals surface area contributed by atoms with Crippen LogP contribution in [0.5, 0.6) is 0 Å². The Balaban J connectivity index is 1.80. The van der Waals surface area contributed by atoms with Gasteiger partial charge in [-0.3, -0.25) is 4.79 Å². The van der Waals surface area contributed by atoms with Crippen molar-refractivity contribution in [1.29, 1.82) is 0 Å². The van der Waals surface area contributed by atoms with Crippen molar-refractivity contribution in [1.82, 2.24) is 0 Å². The number of benzene rings is 2. The van der Waals surface area contributed by atoms with Gasteiger partial charge in [0.25, 0.3) is 0 Å². The number of anilines is 1. The lowest BCUT2D eigenvalue weighted by Gasteiger charge is -2.32. The Bertz CT molecular complexity index is 772. The second-order valence-corrected chi connectivity index (χ2v) is 6.87. The number of nitrogens with zero attached hydrogens (tertiary/aromatic N) is 2. The van der Waals surface area contributed by atoms with E-state index in [1.807, 2.05) is 24.3 Å². The number of hydrogen-bond acceptors (Lipinski definition) is 3. The molecule has 22 heavy (non-hydrogen) atoms. The molecule has 0 spiro atoms. The predicted molar refractivity (Wildman–Crippen MR) is 90.7 cm³/mol. The third-order valence-corrected chi connectivity index (χ3v) is 5.41. The molecular formula is C17H13ClN2OS. The summed E-state index contributed by atoms with van der Waals surface area (Å²) in [6, 6.07) is 15.5. The van der Waals surface area contributed by atoms with Crippen molar-refractivity contribution in [3.05, 3.63) is 59.1 Å². The first-order valence-corrected chi connectivity index (χ1v) is 8.48. The summed E-state index contributed by atoms with van der Waals surface area (Å²) in [5, 5.41) is 6.83. The molecule has 3 nitrogen and oxygen atoms in total. The largest absolute Gasteiger partial charge is 0.273 e. The van der Waals surface area contributed by atoms with E-state index < -0.39 is 0 Å². The number of thioether (sulfide) groups is 1. The van der Waals surface area contributed by atoms with Crippen LogP contribution in [-0.2, 0) is 4.79 Å². The molecule has 110 valence electrons. The van der Waals surface area contributed by atoms with E-state index >= 15 is 0 Å². The molecule has 2 aromatic carbocycles. The van der Waals surface area contributed by atoms with Gasteiger partial charge in [-0.15, -0.1) is 11.8 Å². The van der Waals surface area contributed by atoms with Crippen molar-refractivity contribution in [2.45, 2.75) is 11.3 Å². The zero-order valence-electron chi connectivity index (χ0n) is 11.7. The Morgan fingerprint density at radius 1 is 1.14 bits per heavy atom. The number of amides is 1. The molecule has 1 amide bonds. The van der Waals surface area contributed by atoms with Gasteiger partial charge in [0.15, 0.2) is 0 Å². The van der Waals surface area contributed by atoms with Gasteiger partial charge >= 0.3 is 0 Å². The molecule has 1 unspecified atom stereocenters. The summed E-state index contributed by atoms with van der Waals surface area (Å²) in [6.45, 7) is 0. The lowest BCUT2D eigenvalue weighted by molar-refractivity contribution is -0.119. The lowest BCUT2D eigenvalue weighted by atomic mass is 9.93. The summed E-state index contributed by atoms with van der Waals surface area (Å²) >= 11 is 7.73. The van der Waals surface area contributed by atoms with Crippen LogP contribution < -0.4 is 5.01 Å². The molecule has 0 saturated heterocycles. The average Bonchev–Trinajstić information content (AvgIpc) is 2.55. The number of carbonyl (C=O) groups excluding carboxylic acids is 1. The number of rotatable bonds is 1. The highest BCUT2D eigenvalue weighted by molar-refractivity contribution is 7.99. The summed E-state index contributed by atoms with van der Waals surface area (Å²) in [6.07, 6.45) is 0.503. The van der Waals surface area contributed by atoms with Crippen LogP contribution in [-0.4, -0.2) is 17.4 Å².